The number of nitrogen functional groups attached to an aromatic ring is 1. The molecule has 0 unspecified atom stereocenters. The van der Waals surface area contributed by atoms with E-state index in [1.54, 1.807) is 25.7 Å². The van der Waals surface area contributed by atoms with Crippen molar-refractivity contribution in [2.45, 2.75) is 6.42 Å². The second kappa shape index (κ2) is 6.48. The van der Waals surface area contributed by atoms with Crippen LogP contribution in [0.15, 0.2) is 48.9 Å². The molecule has 1 aromatic carbocycles. The molecule has 1 amide bonds. The summed E-state index contributed by atoms with van der Waals surface area (Å²) < 4.78 is 5.42. The number of hydrogen-bond acceptors (Lipinski definition) is 5. The summed E-state index contributed by atoms with van der Waals surface area (Å²) in [6.07, 6.45) is 5.94. The highest BCUT2D eigenvalue weighted by Crippen LogP contribution is 2.34. The van der Waals surface area contributed by atoms with Crippen LogP contribution in [0.25, 0.3) is 22.3 Å². The number of benzene rings is 1. The minimum absolute atomic E-state index is 0.0299. The van der Waals surface area contributed by atoms with Gasteiger partial charge in [0.25, 0.3) is 5.91 Å². The van der Waals surface area contributed by atoms with Gasteiger partial charge in [-0.2, -0.15) is 0 Å². The lowest BCUT2D eigenvalue weighted by Gasteiger charge is -2.18. The molecule has 0 atom stereocenters. The second-order valence-electron chi connectivity index (χ2n) is 6.11. The number of aromatic nitrogens is 2. The van der Waals surface area contributed by atoms with Crippen LogP contribution >= 0.6 is 0 Å². The number of nitrogens with two attached hydrogens (primary N) is 1. The number of nitrogens with zero attached hydrogens (tertiary/aromatic N) is 2. The van der Waals surface area contributed by atoms with E-state index in [0.717, 1.165) is 45.6 Å². The minimum atomic E-state index is -0.0299. The van der Waals surface area contributed by atoms with Gasteiger partial charge in [-0.15, -0.1) is 0 Å². The molecule has 3 heterocycles. The van der Waals surface area contributed by atoms with E-state index in [1.165, 1.54) is 0 Å². The Morgan fingerprint density at radius 1 is 1.08 bits per heavy atom. The zero-order valence-electron chi connectivity index (χ0n) is 14.3. The number of carbonyl (C=O) groups excluding carboxylic acids is 1. The van der Waals surface area contributed by atoms with Gasteiger partial charge in [-0.25, -0.2) is 4.98 Å². The van der Waals surface area contributed by atoms with Crippen molar-refractivity contribution in [2.24, 2.45) is 0 Å². The van der Waals surface area contributed by atoms with Gasteiger partial charge in [-0.3, -0.25) is 9.78 Å². The maximum atomic E-state index is 11.9. The molecule has 4 rings (SSSR count). The van der Waals surface area contributed by atoms with Gasteiger partial charge in [0.15, 0.2) is 0 Å². The summed E-state index contributed by atoms with van der Waals surface area (Å²) in [5.74, 6) is 1.13. The molecule has 6 heteroatoms. The fraction of sp³-hybridized carbons (Fsp3) is 0.150. The quantitative estimate of drug-likeness (QED) is 0.761. The van der Waals surface area contributed by atoms with E-state index < -0.39 is 0 Å². The number of carbonyl (C=O) groups is 1. The van der Waals surface area contributed by atoms with E-state index >= 15 is 0 Å². The van der Waals surface area contributed by atoms with Gasteiger partial charge in [0.1, 0.15) is 11.6 Å². The fourth-order valence-electron chi connectivity index (χ4n) is 3.23. The highest BCUT2D eigenvalue weighted by Gasteiger charge is 2.18. The highest BCUT2D eigenvalue weighted by atomic mass is 16.5. The van der Waals surface area contributed by atoms with Gasteiger partial charge in [-0.1, -0.05) is 12.1 Å². The first kappa shape index (κ1) is 16.1. The number of anilines is 1. The smallest absolute Gasteiger partial charge is 0.251 e. The lowest BCUT2D eigenvalue weighted by atomic mass is 9.94. The Bertz CT molecular complexity index is 1000. The molecule has 0 aliphatic carbocycles. The second-order valence-corrected chi connectivity index (χ2v) is 6.11. The summed E-state index contributed by atoms with van der Waals surface area (Å²) in [6.45, 7) is 0.649. The van der Waals surface area contributed by atoms with Crippen LogP contribution < -0.4 is 15.8 Å². The zero-order valence-corrected chi connectivity index (χ0v) is 14.3. The summed E-state index contributed by atoms with van der Waals surface area (Å²) >= 11 is 0. The Balaban J connectivity index is 1.81. The standard InChI is InChI=1S/C20H18N4O2/c1-26-18-5-6-22-11-17(18)14-9-16(19(21)24-10-14)12-2-3-15-13(8-12)4-7-23-20(15)25/h2-3,5-6,8-11H,4,7H2,1H3,(H2,21,24)(H,23,25). The number of pyridine rings is 2. The average molecular weight is 346 g/mol. The lowest BCUT2D eigenvalue weighted by molar-refractivity contribution is 0.0946. The Morgan fingerprint density at radius 3 is 2.81 bits per heavy atom. The normalized spacial score (nSPS) is 13.0. The third kappa shape index (κ3) is 2.75. The van der Waals surface area contributed by atoms with Crippen LogP contribution in [-0.4, -0.2) is 29.5 Å². The van der Waals surface area contributed by atoms with Crippen molar-refractivity contribution in [3.8, 4) is 28.0 Å². The van der Waals surface area contributed by atoms with Crippen LogP contribution in [0.5, 0.6) is 5.75 Å². The largest absolute Gasteiger partial charge is 0.496 e. The first-order valence-electron chi connectivity index (χ1n) is 8.33. The Hall–Kier alpha value is -3.41. The first-order valence-corrected chi connectivity index (χ1v) is 8.33. The molecular weight excluding hydrogens is 328 g/mol. The van der Waals surface area contributed by atoms with Crippen LogP contribution in [0.3, 0.4) is 0 Å². The van der Waals surface area contributed by atoms with Crippen LogP contribution in [0.1, 0.15) is 15.9 Å². The third-order valence-corrected chi connectivity index (χ3v) is 4.57. The maximum absolute atomic E-state index is 11.9. The van der Waals surface area contributed by atoms with E-state index in [2.05, 4.69) is 15.3 Å². The molecule has 3 N–H and O–H groups in total. The molecule has 0 fully saturated rings. The summed E-state index contributed by atoms with van der Waals surface area (Å²) in [5.41, 5.74) is 11.4. The molecule has 2 aromatic heterocycles. The summed E-state index contributed by atoms with van der Waals surface area (Å²) in [6, 6.07) is 9.55. The predicted octanol–water partition coefficient (Wildman–Crippen LogP) is 2.69. The van der Waals surface area contributed by atoms with Gasteiger partial charge in [0, 0.05) is 47.4 Å². The van der Waals surface area contributed by atoms with E-state index in [-0.39, 0.29) is 5.91 Å². The number of nitrogens with one attached hydrogen (secondary N) is 1. The van der Waals surface area contributed by atoms with E-state index in [4.69, 9.17) is 10.5 Å². The van der Waals surface area contributed by atoms with Crippen molar-refractivity contribution in [2.75, 3.05) is 19.4 Å². The fourth-order valence-corrected chi connectivity index (χ4v) is 3.23. The topological polar surface area (TPSA) is 90.1 Å². The predicted molar refractivity (Wildman–Crippen MR) is 99.9 cm³/mol. The monoisotopic (exact) mass is 346 g/mol. The molecule has 0 bridgehead atoms. The van der Waals surface area contributed by atoms with Gasteiger partial charge < -0.3 is 15.8 Å². The minimum Gasteiger partial charge on any atom is -0.496 e. The molecule has 6 nitrogen and oxygen atoms in total. The van der Waals surface area contributed by atoms with E-state index in [9.17, 15) is 4.79 Å². The molecule has 130 valence electrons. The van der Waals surface area contributed by atoms with Crippen molar-refractivity contribution in [3.05, 3.63) is 60.0 Å². The molecule has 0 spiro atoms. The maximum Gasteiger partial charge on any atom is 0.251 e. The van der Waals surface area contributed by atoms with E-state index in [0.29, 0.717) is 12.4 Å². The number of fused-ring (bicyclic) bond motifs is 1. The first-order chi connectivity index (χ1) is 12.7. The van der Waals surface area contributed by atoms with Crippen LogP contribution in [0.2, 0.25) is 0 Å². The Labute approximate surface area is 151 Å². The third-order valence-electron chi connectivity index (χ3n) is 4.57. The molecule has 1 aliphatic rings. The van der Waals surface area contributed by atoms with E-state index in [1.807, 2.05) is 30.3 Å². The number of ether oxygens (including phenoxy) is 1. The van der Waals surface area contributed by atoms with Gasteiger partial charge >= 0.3 is 0 Å². The molecule has 0 saturated heterocycles. The van der Waals surface area contributed by atoms with Gasteiger partial charge in [0.05, 0.1) is 7.11 Å². The summed E-state index contributed by atoms with van der Waals surface area (Å²) in [4.78, 5) is 20.5. The average Bonchev–Trinajstić information content (AvgIpc) is 2.68. The molecule has 0 saturated carbocycles. The van der Waals surface area contributed by atoms with Crippen LogP contribution in [-0.2, 0) is 6.42 Å². The summed E-state index contributed by atoms with van der Waals surface area (Å²) in [5, 5.41) is 2.86. The number of amides is 1. The van der Waals surface area contributed by atoms with Crippen molar-refractivity contribution in [1.29, 1.82) is 0 Å². The number of hydrogen-bond donors (Lipinski definition) is 2. The molecule has 3 aromatic rings. The van der Waals surface area contributed by atoms with Crippen molar-refractivity contribution >= 4 is 11.7 Å². The van der Waals surface area contributed by atoms with Crippen LogP contribution in [0, 0.1) is 0 Å². The van der Waals surface area contributed by atoms with Crippen molar-refractivity contribution in [3.63, 3.8) is 0 Å². The summed E-state index contributed by atoms with van der Waals surface area (Å²) in [7, 11) is 1.62. The van der Waals surface area contributed by atoms with Crippen molar-refractivity contribution < 1.29 is 9.53 Å². The highest BCUT2D eigenvalue weighted by molar-refractivity contribution is 5.97. The number of methoxy groups -OCH3 is 1. The zero-order chi connectivity index (χ0) is 18.1. The molecule has 0 radical (unpaired) electrons. The molecule has 26 heavy (non-hydrogen) atoms. The Kier molecular flexibility index (Phi) is 4.01. The van der Waals surface area contributed by atoms with Crippen molar-refractivity contribution in [1.82, 2.24) is 15.3 Å². The Morgan fingerprint density at radius 2 is 1.96 bits per heavy atom. The lowest BCUT2D eigenvalue weighted by Crippen LogP contribution is -2.31. The van der Waals surface area contributed by atoms with Gasteiger partial charge in [-0.05, 0) is 35.7 Å². The molecular formula is C20H18N4O2. The molecule has 1 aliphatic heterocycles. The number of rotatable bonds is 3. The van der Waals surface area contributed by atoms with Crippen LogP contribution in [0.4, 0.5) is 5.82 Å². The SMILES string of the molecule is COc1ccncc1-c1cnc(N)c(-c2ccc3c(c2)CCNC3=O)c1. The van der Waals surface area contributed by atoms with Gasteiger partial charge in [0.2, 0.25) is 0 Å².